The summed E-state index contributed by atoms with van der Waals surface area (Å²) in [5.74, 6) is -1.22. The number of alkyl halides is 3. The maximum Gasteiger partial charge on any atom is 0.416 e. The molecule has 1 aromatic heterocycles. The Morgan fingerprint density at radius 3 is 2.65 bits per heavy atom. The average molecular weight is 347 g/mol. The van der Waals surface area contributed by atoms with Gasteiger partial charge in [0.1, 0.15) is 11.3 Å². The van der Waals surface area contributed by atoms with Crippen LogP contribution in [0.2, 0.25) is 5.15 Å². The van der Waals surface area contributed by atoms with Gasteiger partial charge < -0.3 is 9.47 Å². The molecule has 0 radical (unpaired) electrons. The summed E-state index contributed by atoms with van der Waals surface area (Å²) in [6.07, 6.45) is -4.52. The highest BCUT2D eigenvalue weighted by Crippen LogP contribution is 2.33. The van der Waals surface area contributed by atoms with Gasteiger partial charge in [0, 0.05) is 0 Å². The first-order chi connectivity index (χ1) is 10.8. The van der Waals surface area contributed by atoms with Crippen LogP contribution in [0.25, 0.3) is 0 Å². The lowest BCUT2D eigenvalue weighted by Crippen LogP contribution is -2.09. The van der Waals surface area contributed by atoms with Crippen molar-refractivity contribution < 1.29 is 27.4 Å². The molecule has 0 amide bonds. The van der Waals surface area contributed by atoms with E-state index in [0.717, 1.165) is 18.2 Å². The maximum absolute atomic E-state index is 12.7. The quantitative estimate of drug-likeness (QED) is 0.779. The van der Waals surface area contributed by atoms with Crippen LogP contribution >= 0.6 is 11.6 Å². The molecule has 2 aromatic rings. The summed E-state index contributed by atoms with van der Waals surface area (Å²) in [5, 5.41) is 7.01. The van der Waals surface area contributed by atoms with E-state index in [1.165, 1.54) is 12.1 Å². The minimum atomic E-state index is -4.52. The van der Waals surface area contributed by atoms with E-state index in [4.69, 9.17) is 21.1 Å². The first-order valence-electron chi connectivity index (χ1n) is 6.36. The second-order valence-corrected chi connectivity index (χ2v) is 4.62. The lowest BCUT2D eigenvalue weighted by Gasteiger charge is -2.11. The fraction of sp³-hybridized carbons (Fsp3) is 0.214. The third-order valence-electron chi connectivity index (χ3n) is 2.60. The SMILES string of the molecule is CCOC(=O)c1cc(Cl)nnc1Oc1cccc(C(F)(F)F)c1. The van der Waals surface area contributed by atoms with Crippen LogP contribution in [0.15, 0.2) is 30.3 Å². The van der Waals surface area contributed by atoms with E-state index < -0.39 is 17.7 Å². The standard InChI is InChI=1S/C14H10ClF3N2O3/c1-2-22-13(21)10-7-11(15)19-20-12(10)23-9-5-3-4-8(6-9)14(16,17)18/h3-7H,2H2,1H3. The van der Waals surface area contributed by atoms with Crippen molar-refractivity contribution in [1.29, 1.82) is 0 Å². The molecule has 0 saturated heterocycles. The average Bonchev–Trinajstić information content (AvgIpc) is 2.49. The van der Waals surface area contributed by atoms with Gasteiger partial charge in [-0.1, -0.05) is 17.7 Å². The van der Waals surface area contributed by atoms with Gasteiger partial charge in [0.25, 0.3) is 5.88 Å². The Morgan fingerprint density at radius 2 is 2.00 bits per heavy atom. The molecule has 0 aliphatic rings. The lowest BCUT2D eigenvalue weighted by molar-refractivity contribution is -0.137. The van der Waals surface area contributed by atoms with Crippen molar-refractivity contribution in [1.82, 2.24) is 10.2 Å². The first-order valence-corrected chi connectivity index (χ1v) is 6.74. The third kappa shape index (κ3) is 4.32. The van der Waals surface area contributed by atoms with Crippen molar-refractivity contribution in [2.24, 2.45) is 0 Å². The molecule has 1 aromatic carbocycles. The number of halogens is 4. The number of rotatable bonds is 4. The fourth-order valence-corrected chi connectivity index (χ4v) is 1.78. The summed E-state index contributed by atoms with van der Waals surface area (Å²) in [5.41, 5.74) is -1.03. The predicted octanol–water partition coefficient (Wildman–Crippen LogP) is 4.12. The van der Waals surface area contributed by atoms with E-state index in [1.807, 2.05) is 0 Å². The van der Waals surface area contributed by atoms with Crippen LogP contribution in [-0.4, -0.2) is 22.8 Å². The normalized spacial score (nSPS) is 11.2. The zero-order valence-electron chi connectivity index (χ0n) is 11.7. The van der Waals surface area contributed by atoms with Crippen molar-refractivity contribution in [3.63, 3.8) is 0 Å². The monoisotopic (exact) mass is 346 g/mol. The van der Waals surface area contributed by atoms with E-state index in [2.05, 4.69) is 10.2 Å². The second-order valence-electron chi connectivity index (χ2n) is 4.23. The largest absolute Gasteiger partial charge is 0.462 e. The molecule has 122 valence electrons. The fourth-order valence-electron chi connectivity index (χ4n) is 1.63. The molecular formula is C14H10ClF3N2O3. The molecule has 0 unspecified atom stereocenters. The molecule has 5 nitrogen and oxygen atoms in total. The zero-order chi connectivity index (χ0) is 17.0. The van der Waals surface area contributed by atoms with Gasteiger partial charge in [-0.2, -0.15) is 13.2 Å². The van der Waals surface area contributed by atoms with Crippen molar-refractivity contribution >= 4 is 17.6 Å². The minimum absolute atomic E-state index is 0.0792. The van der Waals surface area contributed by atoms with Crippen LogP contribution in [0.4, 0.5) is 13.2 Å². The number of carbonyl (C=O) groups excluding carboxylic acids is 1. The highest BCUT2D eigenvalue weighted by molar-refractivity contribution is 6.29. The smallest absolute Gasteiger partial charge is 0.416 e. The van der Waals surface area contributed by atoms with Crippen molar-refractivity contribution in [3.8, 4) is 11.6 Å². The Bertz CT molecular complexity index is 723. The number of ether oxygens (including phenoxy) is 2. The first kappa shape index (κ1) is 17.0. The Balaban J connectivity index is 2.35. The molecular weight excluding hydrogens is 337 g/mol. The second kappa shape index (κ2) is 6.82. The van der Waals surface area contributed by atoms with Gasteiger partial charge in [0.2, 0.25) is 0 Å². The molecule has 0 aliphatic carbocycles. The number of esters is 1. The molecule has 0 saturated carbocycles. The van der Waals surface area contributed by atoms with Gasteiger partial charge in [-0.05, 0) is 31.2 Å². The molecule has 0 aliphatic heterocycles. The van der Waals surface area contributed by atoms with Crippen LogP contribution in [0.3, 0.4) is 0 Å². The molecule has 9 heteroatoms. The van der Waals surface area contributed by atoms with Gasteiger partial charge in [0.15, 0.2) is 5.15 Å². The number of aromatic nitrogens is 2. The molecule has 0 N–H and O–H groups in total. The van der Waals surface area contributed by atoms with Crippen LogP contribution in [0, 0.1) is 0 Å². The lowest BCUT2D eigenvalue weighted by atomic mass is 10.2. The molecule has 0 spiro atoms. The van der Waals surface area contributed by atoms with Crippen LogP contribution in [-0.2, 0) is 10.9 Å². The van der Waals surface area contributed by atoms with Gasteiger partial charge >= 0.3 is 12.1 Å². The van der Waals surface area contributed by atoms with Gasteiger partial charge in [-0.15, -0.1) is 10.2 Å². The Kier molecular flexibility index (Phi) is 5.05. The summed E-state index contributed by atoms with van der Waals surface area (Å²) in [4.78, 5) is 11.8. The summed E-state index contributed by atoms with van der Waals surface area (Å²) in [6, 6.07) is 5.30. The summed E-state index contributed by atoms with van der Waals surface area (Å²) in [7, 11) is 0. The van der Waals surface area contributed by atoms with E-state index in [0.29, 0.717) is 0 Å². The number of hydrogen-bond acceptors (Lipinski definition) is 5. The molecule has 1 heterocycles. The van der Waals surface area contributed by atoms with Crippen molar-refractivity contribution in [3.05, 3.63) is 46.6 Å². The van der Waals surface area contributed by atoms with Crippen molar-refractivity contribution in [2.75, 3.05) is 6.61 Å². The van der Waals surface area contributed by atoms with Gasteiger partial charge in [-0.3, -0.25) is 0 Å². The summed E-state index contributed by atoms with van der Waals surface area (Å²) in [6.45, 7) is 1.70. The minimum Gasteiger partial charge on any atom is -0.462 e. The molecule has 0 atom stereocenters. The number of benzene rings is 1. The van der Waals surface area contributed by atoms with E-state index in [-0.39, 0.29) is 29.0 Å². The topological polar surface area (TPSA) is 61.3 Å². The number of nitrogens with zero attached hydrogens (tertiary/aromatic N) is 2. The highest BCUT2D eigenvalue weighted by Gasteiger charge is 2.30. The molecule has 0 bridgehead atoms. The van der Waals surface area contributed by atoms with Crippen molar-refractivity contribution in [2.45, 2.75) is 13.1 Å². The maximum atomic E-state index is 12.7. The Hall–Kier alpha value is -2.35. The van der Waals surface area contributed by atoms with Gasteiger partial charge in [0.05, 0.1) is 12.2 Å². The third-order valence-corrected chi connectivity index (χ3v) is 2.79. The van der Waals surface area contributed by atoms with Crippen LogP contribution < -0.4 is 4.74 Å². The number of carbonyl (C=O) groups is 1. The Morgan fingerprint density at radius 1 is 1.26 bits per heavy atom. The van der Waals surface area contributed by atoms with E-state index in [1.54, 1.807) is 6.92 Å². The predicted molar refractivity (Wildman–Crippen MR) is 74.5 cm³/mol. The molecule has 0 fully saturated rings. The number of hydrogen-bond donors (Lipinski definition) is 0. The summed E-state index contributed by atoms with van der Waals surface area (Å²) < 4.78 is 48.1. The molecule has 2 rings (SSSR count). The van der Waals surface area contributed by atoms with E-state index in [9.17, 15) is 18.0 Å². The van der Waals surface area contributed by atoms with E-state index >= 15 is 0 Å². The summed E-state index contributed by atoms with van der Waals surface area (Å²) >= 11 is 5.66. The Labute approximate surface area is 134 Å². The van der Waals surface area contributed by atoms with Gasteiger partial charge in [-0.25, -0.2) is 4.79 Å². The zero-order valence-corrected chi connectivity index (χ0v) is 12.5. The van der Waals surface area contributed by atoms with Crippen LogP contribution in [0.5, 0.6) is 11.6 Å². The molecule has 23 heavy (non-hydrogen) atoms. The highest BCUT2D eigenvalue weighted by atomic mass is 35.5. The van der Waals surface area contributed by atoms with Crippen LogP contribution in [0.1, 0.15) is 22.8 Å².